The summed E-state index contributed by atoms with van der Waals surface area (Å²) in [5.41, 5.74) is 1.27. The van der Waals surface area contributed by atoms with Crippen molar-refractivity contribution in [1.82, 2.24) is 9.97 Å². The predicted octanol–water partition coefficient (Wildman–Crippen LogP) is 5.29. The molecule has 1 N–H and O–H groups in total. The Bertz CT molecular complexity index is 1340. The van der Waals surface area contributed by atoms with Gasteiger partial charge in [0.2, 0.25) is 5.91 Å². The summed E-state index contributed by atoms with van der Waals surface area (Å²) in [4.78, 5) is 36.5. The highest BCUT2D eigenvalue weighted by Gasteiger charge is 2.35. The van der Waals surface area contributed by atoms with Crippen LogP contribution in [0.15, 0.2) is 49.2 Å². The Balaban J connectivity index is 1.68. The number of aromatic nitrogens is 2. The van der Waals surface area contributed by atoms with Gasteiger partial charge in [0.1, 0.15) is 27.4 Å². The fraction of sp³-hybridized carbons (Fsp3) is 0.167. The number of nitrogens with one attached hydrogen (secondary N) is 1. The SMILES string of the molecule is C=CC(=O)Nc1ccccc1Oc1ncc2c(n1)N(C)C(=O)N(c1c(Cl)c(OC)cc(OC)c1Cl)C2. The number of urea groups is 1. The van der Waals surface area contributed by atoms with E-state index in [1.165, 1.54) is 30.2 Å². The molecule has 1 aliphatic heterocycles. The molecule has 4 rings (SSSR count). The fourth-order valence-corrected chi connectivity index (χ4v) is 4.27. The van der Waals surface area contributed by atoms with E-state index in [9.17, 15) is 9.59 Å². The number of nitrogens with zero attached hydrogens (tertiary/aromatic N) is 4. The molecule has 0 radical (unpaired) electrons. The van der Waals surface area contributed by atoms with E-state index in [-0.39, 0.29) is 28.3 Å². The largest absolute Gasteiger partial charge is 0.495 e. The van der Waals surface area contributed by atoms with Crippen molar-refractivity contribution < 1.29 is 23.8 Å². The lowest BCUT2D eigenvalue weighted by atomic mass is 10.2. The zero-order chi connectivity index (χ0) is 26.0. The first-order valence-corrected chi connectivity index (χ1v) is 11.3. The van der Waals surface area contributed by atoms with Crippen molar-refractivity contribution in [3.63, 3.8) is 0 Å². The predicted molar refractivity (Wildman–Crippen MR) is 137 cm³/mol. The number of amides is 3. The van der Waals surface area contributed by atoms with Gasteiger partial charge >= 0.3 is 12.0 Å². The second kappa shape index (κ2) is 10.3. The quantitative estimate of drug-likeness (QED) is 0.414. The summed E-state index contributed by atoms with van der Waals surface area (Å²) >= 11 is 13.1. The summed E-state index contributed by atoms with van der Waals surface area (Å²) in [6, 6.07) is 7.88. The molecular weight excluding hydrogens is 509 g/mol. The minimum absolute atomic E-state index is 0.0127. The first-order valence-electron chi connectivity index (χ1n) is 10.5. The van der Waals surface area contributed by atoms with Gasteiger partial charge in [0.25, 0.3) is 0 Å². The van der Waals surface area contributed by atoms with Gasteiger partial charge < -0.3 is 19.5 Å². The number of hydrogen-bond donors (Lipinski definition) is 1. The number of rotatable bonds is 7. The number of ether oxygens (including phenoxy) is 3. The molecule has 186 valence electrons. The van der Waals surface area contributed by atoms with Gasteiger partial charge in [-0.2, -0.15) is 4.98 Å². The monoisotopic (exact) mass is 529 g/mol. The Morgan fingerprint density at radius 2 is 1.81 bits per heavy atom. The Morgan fingerprint density at radius 3 is 2.44 bits per heavy atom. The average molecular weight is 530 g/mol. The van der Waals surface area contributed by atoms with E-state index < -0.39 is 11.9 Å². The van der Waals surface area contributed by atoms with Crippen LogP contribution in [0.4, 0.5) is 22.0 Å². The second-order valence-corrected chi connectivity index (χ2v) is 8.23. The number of benzene rings is 2. The molecule has 0 saturated heterocycles. The van der Waals surface area contributed by atoms with E-state index in [1.54, 1.807) is 37.4 Å². The molecule has 36 heavy (non-hydrogen) atoms. The molecule has 0 fully saturated rings. The Hall–Kier alpha value is -4.02. The highest BCUT2D eigenvalue weighted by Crippen LogP contribution is 2.47. The Morgan fingerprint density at radius 1 is 1.14 bits per heavy atom. The van der Waals surface area contributed by atoms with Crippen LogP contribution in [-0.4, -0.2) is 43.2 Å². The Kier molecular flexibility index (Phi) is 7.18. The van der Waals surface area contributed by atoms with Crippen LogP contribution in [0.5, 0.6) is 23.3 Å². The van der Waals surface area contributed by atoms with Gasteiger partial charge in [-0.25, -0.2) is 9.78 Å². The number of para-hydroxylation sites is 2. The maximum absolute atomic E-state index is 13.4. The summed E-state index contributed by atoms with van der Waals surface area (Å²) < 4.78 is 16.5. The number of carbonyl (C=O) groups excluding carboxylic acids is 2. The minimum atomic E-state index is -0.440. The molecule has 0 saturated carbocycles. The van der Waals surface area contributed by atoms with E-state index in [0.29, 0.717) is 34.3 Å². The average Bonchev–Trinajstić information content (AvgIpc) is 2.88. The summed E-state index contributed by atoms with van der Waals surface area (Å²) in [5.74, 6) is 0.874. The number of methoxy groups -OCH3 is 2. The molecule has 0 unspecified atom stereocenters. The molecule has 1 aliphatic rings. The number of anilines is 3. The van der Waals surface area contributed by atoms with E-state index in [0.717, 1.165) is 6.08 Å². The lowest BCUT2D eigenvalue weighted by molar-refractivity contribution is -0.111. The molecule has 3 amide bonds. The van der Waals surface area contributed by atoms with Gasteiger partial charge in [-0.05, 0) is 18.2 Å². The third-order valence-electron chi connectivity index (χ3n) is 5.34. The van der Waals surface area contributed by atoms with Gasteiger partial charge in [0, 0.05) is 24.9 Å². The molecule has 0 atom stereocenters. The van der Waals surface area contributed by atoms with Crippen LogP contribution in [-0.2, 0) is 11.3 Å². The van der Waals surface area contributed by atoms with Crippen LogP contribution in [0.1, 0.15) is 5.56 Å². The van der Waals surface area contributed by atoms with E-state index >= 15 is 0 Å². The van der Waals surface area contributed by atoms with Gasteiger partial charge in [0.15, 0.2) is 5.75 Å². The van der Waals surface area contributed by atoms with E-state index in [1.807, 2.05) is 0 Å². The number of hydrogen-bond acceptors (Lipinski definition) is 7. The third-order valence-corrected chi connectivity index (χ3v) is 6.07. The lowest BCUT2D eigenvalue weighted by Crippen LogP contribution is -2.46. The van der Waals surface area contributed by atoms with E-state index in [4.69, 9.17) is 37.4 Å². The summed E-state index contributed by atoms with van der Waals surface area (Å²) in [6.07, 6.45) is 2.69. The van der Waals surface area contributed by atoms with Crippen molar-refractivity contribution in [2.75, 3.05) is 36.4 Å². The molecule has 2 aromatic carbocycles. The van der Waals surface area contributed by atoms with Crippen molar-refractivity contribution in [2.24, 2.45) is 0 Å². The zero-order valence-corrected chi connectivity index (χ0v) is 21.1. The van der Waals surface area contributed by atoms with Crippen molar-refractivity contribution in [3.05, 3.63) is 64.8 Å². The smallest absolute Gasteiger partial charge is 0.330 e. The first kappa shape index (κ1) is 25.1. The molecular formula is C24H21Cl2N5O5. The van der Waals surface area contributed by atoms with Gasteiger partial charge in [-0.15, -0.1) is 0 Å². The minimum Gasteiger partial charge on any atom is -0.495 e. The van der Waals surface area contributed by atoms with Crippen LogP contribution in [0.2, 0.25) is 10.0 Å². The molecule has 0 spiro atoms. The molecule has 3 aromatic rings. The van der Waals surface area contributed by atoms with Gasteiger partial charge in [-0.3, -0.25) is 14.6 Å². The van der Waals surface area contributed by atoms with Crippen molar-refractivity contribution in [2.45, 2.75) is 6.54 Å². The molecule has 2 heterocycles. The van der Waals surface area contributed by atoms with E-state index in [2.05, 4.69) is 21.9 Å². The summed E-state index contributed by atoms with van der Waals surface area (Å²) in [6.45, 7) is 3.53. The summed E-state index contributed by atoms with van der Waals surface area (Å²) in [7, 11) is 4.46. The maximum atomic E-state index is 13.4. The van der Waals surface area contributed by atoms with Crippen molar-refractivity contribution in [1.29, 1.82) is 0 Å². The zero-order valence-electron chi connectivity index (χ0n) is 19.5. The van der Waals surface area contributed by atoms with Crippen LogP contribution in [0.25, 0.3) is 0 Å². The van der Waals surface area contributed by atoms with Crippen LogP contribution in [0, 0.1) is 0 Å². The molecule has 0 aliphatic carbocycles. The van der Waals surface area contributed by atoms with Crippen LogP contribution >= 0.6 is 23.2 Å². The van der Waals surface area contributed by atoms with Crippen molar-refractivity contribution >= 4 is 52.3 Å². The second-order valence-electron chi connectivity index (χ2n) is 7.48. The fourth-order valence-electron chi connectivity index (χ4n) is 3.57. The van der Waals surface area contributed by atoms with Crippen LogP contribution < -0.4 is 29.3 Å². The first-order chi connectivity index (χ1) is 17.3. The van der Waals surface area contributed by atoms with Gasteiger partial charge in [-0.1, -0.05) is 41.9 Å². The molecule has 1 aromatic heterocycles. The Labute approximate surface area is 217 Å². The number of carbonyl (C=O) groups is 2. The van der Waals surface area contributed by atoms with Crippen molar-refractivity contribution in [3.8, 4) is 23.3 Å². The van der Waals surface area contributed by atoms with Gasteiger partial charge in [0.05, 0.1) is 32.1 Å². The standard InChI is InChI=1S/C24H21Cl2N5O5/c1-5-18(32)28-14-8-6-7-9-15(14)36-23-27-11-13-12-31(24(33)30(2)22(13)29-23)21-19(25)16(34-3)10-17(35-4)20(21)26/h5-11H,1,12H2,2-4H3,(H,28,32). The van der Waals surface area contributed by atoms with Crippen LogP contribution in [0.3, 0.4) is 0 Å². The lowest BCUT2D eigenvalue weighted by Gasteiger charge is -2.35. The highest BCUT2D eigenvalue weighted by molar-refractivity contribution is 6.42. The molecule has 0 bridgehead atoms. The maximum Gasteiger partial charge on any atom is 0.330 e. The number of halogens is 2. The molecule has 10 nitrogen and oxygen atoms in total. The third kappa shape index (κ3) is 4.60. The topological polar surface area (TPSA) is 106 Å². The molecule has 12 heteroatoms. The normalized spacial score (nSPS) is 12.6. The summed E-state index contributed by atoms with van der Waals surface area (Å²) in [5, 5.41) is 2.98. The number of fused-ring (bicyclic) bond motifs is 1. The highest BCUT2D eigenvalue weighted by atomic mass is 35.5.